The minimum absolute atomic E-state index is 0.00709. The molecule has 196 valence electrons. The summed E-state index contributed by atoms with van der Waals surface area (Å²) in [5, 5.41) is 0. The summed E-state index contributed by atoms with van der Waals surface area (Å²) < 4.78 is 23.0. The number of fused-ring (bicyclic) bond motifs is 4. The summed E-state index contributed by atoms with van der Waals surface area (Å²) >= 11 is 0. The first-order valence-electron chi connectivity index (χ1n) is 12.8. The summed E-state index contributed by atoms with van der Waals surface area (Å²) in [6, 6.07) is 0. The lowest BCUT2D eigenvalue weighted by atomic mass is 9.44. The van der Waals surface area contributed by atoms with Gasteiger partial charge in [0.05, 0.1) is 0 Å². The lowest BCUT2D eigenvalue weighted by Crippen LogP contribution is -2.66. The first kappa shape index (κ1) is 25.1. The number of hydrogen-bond donors (Lipinski definition) is 0. The molecule has 9 atom stereocenters. The maximum absolute atomic E-state index is 13.6. The quantitative estimate of drug-likeness (QED) is 0.317. The molecular formula is C27H34O9. The Morgan fingerprint density at radius 3 is 2.39 bits per heavy atom. The average molecular weight is 503 g/mol. The van der Waals surface area contributed by atoms with Gasteiger partial charge < -0.3 is 18.9 Å². The normalized spacial score (nSPS) is 45.9. The van der Waals surface area contributed by atoms with Gasteiger partial charge in [0.25, 0.3) is 0 Å². The molecule has 0 N–H and O–H groups in total. The van der Waals surface area contributed by atoms with E-state index in [0.717, 1.165) is 6.42 Å². The van der Waals surface area contributed by atoms with E-state index in [1.165, 1.54) is 20.8 Å². The lowest BCUT2D eigenvalue weighted by Gasteiger charge is -2.61. The lowest BCUT2D eigenvalue weighted by molar-refractivity contribution is -0.212. The van der Waals surface area contributed by atoms with Crippen LogP contribution in [0.1, 0.15) is 66.7 Å². The molecule has 9 heteroatoms. The third-order valence-electron chi connectivity index (χ3n) is 10.0. The van der Waals surface area contributed by atoms with Gasteiger partial charge in [-0.15, -0.1) is 0 Å². The van der Waals surface area contributed by atoms with E-state index in [-0.39, 0.29) is 23.5 Å². The molecule has 0 unspecified atom stereocenters. The number of ketones is 2. The molecule has 1 heterocycles. The highest BCUT2D eigenvalue weighted by Crippen LogP contribution is 2.73. The Balaban J connectivity index is 1.58. The Labute approximate surface area is 210 Å². The molecule has 0 amide bonds. The van der Waals surface area contributed by atoms with Crippen molar-refractivity contribution in [1.82, 2.24) is 0 Å². The maximum atomic E-state index is 13.6. The van der Waals surface area contributed by atoms with Crippen molar-refractivity contribution in [3.8, 4) is 0 Å². The third-order valence-corrected chi connectivity index (χ3v) is 10.0. The van der Waals surface area contributed by atoms with Crippen molar-refractivity contribution in [3.63, 3.8) is 0 Å². The fourth-order valence-electron chi connectivity index (χ4n) is 8.68. The molecule has 5 rings (SSSR count). The number of carbonyl (C=O) groups is 5. The van der Waals surface area contributed by atoms with Crippen LogP contribution < -0.4 is 0 Å². The zero-order valence-corrected chi connectivity index (χ0v) is 21.5. The molecule has 0 aromatic rings. The van der Waals surface area contributed by atoms with Crippen molar-refractivity contribution in [2.24, 2.45) is 28.6 Å². The Hall–Kier alpha value is -2.55. The fraction of sp³-hybridized carbons (Fsp3) is 0.741. The Kier molecular flexibility index (Phi) is 5.56. The predicted octanol–water partition coefficient (Wildman–Crippen LogP) is 2.48. The van der Waals surface area contributed by atoms with Crippen LogP contribution in [0.3, 0.4) is 0 Å². The van der Waals surface area contributed by atoms with Crippen LogP contribution in [-0.2, 0) is 42.9 Å². The van der Waals surface area contributed by atoms with Crippen molar-refractivity contribution in [2.75, 3.05) is 6.61 Å². The van der Waals surface area contributed by atoms with E-state index in [0.29, 0.717) is 25.7 Å². The molecule has 0 aromatic heterocycles. The molecular weight excluding hydrogens is 468 g/mol. The van der Waals surface area contributed by atoms with Crippen LogP contribution in [0.25, 0.3) is 0 Å². The Morgan fingerprint density at radius 2 is 1.75 bits per heavy atom. The average Bonchev–Trinajstić information content (AvgIpc) is 3.46. The number of esters is 3. The fourth-order valence-corrected chi connectivity index (χ4v) is 8.68. The van der Waals surface area contributed by atoms with Crippen molar-refractivity contribution in [2.45, 2.75) is 90.1 Å². The summed E-state index contributed by atoms with van der Waals surface area (Å²) in [4.78, 5) is 62.1. The van der Waals surface area contributed by atoms with Gasteiger partial charge in [0.15, 0.2) is 24.1 Å². The predicted molar refractivity (Wildman–Crippen MR) is 123 cm³/mol. The van der Waals surface area contributed by atoms with Crippen LogP contribution in [0, 0.1) is 28.6 Å². The highest BCUT2D eigenvalue weighted by atomic mass is 16.6. The van der Waals surface area contributed by atoms with Crippen molar-refractivity contribution >= 4 is 29.5 Å². The molecule has 0 radical (unpaired) electrons. The molecule has 0 bridgehead atoms. The Bertz CT molecular complexity index is 1080. The van der Waals surface area contributed by atoms with Crippen molar-refractivity contribution in [3.05, 3.63) is 12.2 Å². The highest BCUT2D eigenvalue weighted by Gasteiger charge is 2.79. The first-order valence-corrected chi connectivity index (χ1v) is 12.8. The second-order valence-corrected chi connectivity index (χ2v) is 11.7. The summed E-state index contributed by atoms with van der Waals surface area (Å²) in [5.74, 6) is -2.18. The molecule has 5 aliphatic rings. The first-order chi connectivity index (χ1) is 16.8. The molecule has 36 heavy (non-hydrogen) atoms. The number of ether oxygens (including phenoxy) is 4. The van der Waals surface area contributed by atoms with E-state index in [1.54, 1.807) is 6.08 Å². The number of rotatable bonds is 5. The number of epoxide rings is 1. The van der Waals surface area contributed by atoms with Crippen LogP contribution in [0.15, 0.2) is 12.2 Å². The SMILES string of the molecule is CC(=O)OCC(=O)[C@@]1(OC(C)=O)CC[C@H]2[C@@H]3CC[C@]45O[C@H]4C(=O)C=C[C@]5(C)[C@H]3[C@@H](OC(C)=O)C[C@@]21C. The van der Waals surface area contributed by atoms with Crippen LogP contribution in [0.2, 0.25) is 0 Å². The monoisotopic (exact) mass is 502 g/mol. The molecule has 1 spiro atoms. The molecule has 3 saturated carbocycles. The third kappa shape index (κ3) is 3.20. The van der Waals surface area contributed by atoms with Crippen LogP contribution >= 0.6 is 0 Å². The summed E-state index contributed by atoms with van der Waals surface area (Å²) in [6.45, 7) is 7.40. The molecule has 1 aliphatic heterocycles. The summed E-state index contributed by atoms with van der Waals surface area (Å²) in [7, 11) is 0. The minimum Gasteiger partial charge on any atom is -0.462 e. The topological polar surface area (TPSA) is 126 Å². The standard InChI is InChI=1S/C27H34O9/c1-14(28)33-13-21(32)26(35-16(3)30)11-7-18-17-6-10-27-23(36-27)19(31)8-9-24(27,4)22(17)20(34-15(2)29)12-25(18,26)5/h8-9,17-18,20,22-23H,6-7,10-13H2,1-5H3/t17-,18-,20-,22+,23-,24+,25-,26-,27-/m0/s1. The highest BCUT2D eigenvalue weighted by molar-refractivity contribution is 5.98. The van der Waals surface area contributed by atoms with E-state index in [9.17, 15) is 24.0 Å². The van der Waals surface area contributed by atoms with Gasteiger partial charge in [-0.05, 0) is 50.0 Å². The smallest absolute Gasteiger partial charge is 0.303 e. The molecule has 4 fully saturated rings. The molecule has 0 aromatic carbocycles. The van der Waals surface area contributed by atoms with Crippen molar-refractivity contribution in [1.29, 1.82) is 0 Å². The van der Waals surface area contributed by atoms with E-state index in [1.807, 2.05) is 13.0 Å². The van der Waals surface area contributed by atoms with Gasteiger partial charge in [0.2, 0.25) is 5.78 Å². The van der Waals surface area contributed by atoms with Crippen LogP contribution in [0.5, 0.6) is 0 Å². The van der Waals surface area contributed by atoms with Crippen LogP contribution in [-0.4, -0.2) is 59.5 Å². The van der Waals surface area contributed by atoms with Crippen molar-refractivity contribution < 1.29 is 42.9 Å². The van der Waals surface area contributed by atoms with Gasteiger partial charge in [0.1, 0.15) is 11.7 Å². The minimum atomic E-state index is -1.49. The summed E-state index contributed by atoms with van der Waals surface area (Å²) in [5.41, 5.74) is -3.45. The molecule has 9 nitrogen and oxygen atoms in total. The van der Waals surface area contributed by atoms with Gasteiger partial charge >= 0.3 is 17.9 Å². The van der Waals surface area contributed by atoms with Gasteiger partial charge in [-0.25, -0.2) is 0 Å². The zero-order valence-electron chi connectivity index (χ0n) is 21.5. The molecule has 1 saturated heterocycles. The largest absolute Gasteiger partial charge is 0.462 e. The number of Topliss-reactive ketones (excluding diaryl/α,β-unsaturated/α-hetero) is 1. The van der Waals surface area contributed by atoms with E-state index in [2.05, 4.69) is 6.92 Å². The summed E-state index contributed by atoms with van der Waals surface area (Å²) in [6.07, 6.45) is 5.17. The van der Waals surface area contributed by atoms with E-state index < -0.39 is 64.5 Å². The van der Waals surface area contributed by atoms with Gasteiger partial charge in [-0.1, -0.05) is 19.9 Å². The van der Waals surface area contributed by atoms with Gasteiger partial charge in [-0.2, -0.15) is 0 Å². The Morgan fingerprint density at radius 1 is 1.03 bits per heavy atom. The van der Waals surface area contributed by atoms with E-state index >= 15 is 0 Å². The van der Waals surface area contributed by atoms with Gasteiger partial charge in [-0.3, -0.25) is 24.0 Å². The van der Waals surface area contributed by atoms with E-state index in [4.69, 9.17) is 18.9 Å². The second kappa shape index (κ2) is 7.97. The van der Waals surface area contributed by atoms with Gasteiger partial charge in [0, 0.05) is 37.5 Å². The van der Waals surface area contributed by atoms with Crippen LogP contribution in [0.4, 0.5) is 0 Å². The second-order valence-electron chi connectivity index (χ2n) is 11.7. The maximum Gasteiger partial charge on any atom is 0.303 e. The molecule has 4 aliphatic carbocycles. The number of carbonyl (C=O) groups excluding carboxylic acids is 5. The zero-order chi connectivity index (χ0) is 26.3. The number of hydrogen-bond acceptors (Lipinski definition) is 9.